The van der Waals surface area contributed by atoms with E-state index in [9.17, 15) is 9.59 Å². The van der Waals surface area contributed by atoms with Crippen LogP contribution in [0.4, 0.5) is 9.59 Å². The van der Waals surface area contributed by atoms with E-state index >= 15 is 0 Å². The average Bonchev–Trinajstić information content (AvgIpc) is 2.82. The standard InChI is InChI=1S/C25H46N.C2H6N4O4.ClH/c1-4-5-6-7-8-9-10-11-12-13-14-15-16-20-23-26(2,3)24-25-21-18-17-19-22-25;3-1(7)5-9-10-6-2(4)8;/h17-19,21-22H,4-16,20,23-24H2,1-3H3;(H3,3,5,7)(H3,4,6,8);1H/q+1;;/p-1. The van der Waals surface area contributed by atoms with Gasteiger partial charge in [-0.3, -0.25) is 0 Å². The number of quaternary nitrogens is 1. The van der Waals surface area contributed by atoms with Crippen molar-refractivity contribution in [2.75, 3.05) is 20.6 Å². The van der Waals surface area contributed by atoms with Crippen molar-refractivity contribution in [2.24, 2.45) is 11.5 Å². The molecule has 0 atom stereocenters. The Morgan fingerprint density at radius 3 is 1.46 bits per heavy atom. The summed E-state index contributed by atoms with van der Waals surface area (Å²) in [6, 6.07) is 8.99. The smallest absolute Gasteiger partial charge is 0.338 e. The molecule has 0 saturated heterocycles. The van der Waals surface area contributed by atoms with Gasteiger partial charge in [-0.2, -0.15) is 11.0 Å². The Hall–Kier alpha value is -2.07. The molecule has 0 fully saturated rings. The molecule has 0 aliphatic carbocycles. The highest BCUT2D eigenvalue weighted by molar-refractivity contribution is 5.70. The number of primary amides is 2. The number of halogens is 1. The third kappa shape index (κ3) is 28.4. The van der Waals surface area contributed by atoms with Gasteiger partial charge >= 0.3 is 12.1 Å². The zero-order valence-corrected chi connectivity index (χ0v) is 24.1. The Morgan fingerprint density at radius 1 is 0.703 bits per heavy atom. The van der Waals surface area contributed by atoms with E-state index in [1.54, 1.807) is 11.0 Å². The first-order chi connectivity index (χ1) is 17.3. The zero-order chi connectivity index (χ0) is 26.9. The lowest BCUT2D eigenvalue weighted by Gasteiger charge is -2.30. The van der Waals surface area contributed by atoms with E-state index < -0.39 is 12.1 Å². The van der Waals surface area contributed by atoms with Crippen molar-refractivity contribution in [1.82, 2.24) is 11.0 Å². The molecule has 1 aromatic rings. The molecular weight excluding hydrogens is 494 g/mol. The van der Waals surface area contributed by atoms with Crippen molar-refractivity contribution in [3.05, 3.63) is 35.9 Å². The summed E-state index contributed by atoms with van der Waals surface area (Å²) in [5.74, 6) is 0. The first kappa shape index (κ1) is 37.1. The zero-order valence-electron chi connectivity index (χ0n) is 23.3. The van der Waals surface area contributed by atoms with Gasteiger partial charge in [-0.05, 0) is 12.8 Å². The number of carbonyl (C=O) groups is 2. The summed E-state index contributed by atoms with van der Waals surface area (Å²) >= 11 is 0. The number of unbranched alkanes of at least 4 members (excludes halogenated alkanes) is 13. The second kappa shape index (κ2) is 25.6. The third-order valence-corrected chi connectivity index (χ3v) is 5.90. The van der Waals surface area contributed by atoms with Gasteiger partial charge in [-0.15, -0.1) is 0 Å². The number of urea groups is 2. The number of rotatable bonds is 20. The summed E-state index contributed by atoms with van der Waals surface area (Å²) in [6.45, 7) is 4.75. The van der Waals surface area contributed by atoms with Crippen LogP contribution in [0.1, 0.15) is 102 Å². The van der Waals surface area contributed by atoms with Crippen molar-refractivity contribution in [2.45, 2.75) is 103 Å². The predicted octanol–water partition coefficient (Wildman–Crippen LogP) is 2.85. The first-order valence-corrected chi connectivity index (χ1v) is 13.6. The molecule has 6 N–H and O–H groups in total. The Balaban J connectivity index is 0. The Labute approximate surface area is 230 Å². The van der Waals surface area contributed by atoms with Crippen molar-refractivity contribution < 1.29 is 36.5 Å². The minimum Gasteiger partial charge on any atom is -1.00 e. The van der Waals surface area contributed by atoms with Gasteiger partial charge in [-0.25, -0.2) is 9.59 Å². The van der Waals surface area contributed by atoms with Crippen LogP contribution in [0.5, 0.6) is 0 Å². The molecule has 9 nitrogen and oxygen atoms in total. The molecule has 1 rings (SSSR count). The summed E-state index contributed by atoms with van der Waals surface area (Å²) < 4.78 is 1.11. The maximum Gasteiger partial charge on any atom is 0.338 e. The van der Waals surface area contributed by atoms with Gasteiger partial charge in [0.25, 0.3) is 0 Å². The number of hydroxylamine groups is 2. The van der Waals surface area contributed by atoms with Gasteiger partial charge in [0.2, 0.25) is 0 Å². The molecule has 0 saturated carbocycles. The summed E-state index contributed by atoms with van der Waals surface area (Å²) in [4.78, 5) is 27.2. The van der Waals surface area contributed by atoms with E-state index in [0.29, 0.717) is 0 Å². The fraction of sp³-hybridized carbons (Fsp3) is 0.704. The van der Waals surface area contributed by atoms with E-state index in [0.717, 1.165) is 11.0 Å². The van der Waals surface area contributed by atoms with Gasteiger partial charge in [0, 0.05) is 5.56 Å². The van der Waals surface area contributed by atoms with Crippen LogP contribution in [-0.2, 0) is 16.5 Å². The topological polar surface area (TPSA) is 129 Å². The number of carbonyl (C=O) groups excluding carboxylic acids is 2. The summed E-state index contributed by atoms with van der Waals surface area (Å²) in [5.41, 5.74) is 13.6. The van der Waals surface area contributed by atoms with E-state index in [1.165, 1.54) is 102 Å². The van der Waals surface area contributed by atoms with Gasteiger partial charge < -0.3 is 28.4 Å². The predicted molar refractivity (Wildman–Crippen MR) is 145 cm³/mol. The highest BCUT2D eigenvalue weighted by atomic mass is 35.5. The van der Waals surface area contributed by atoms with Crippen LogP contribution in [0.25, 0.3) is 0 Å². The molecule has 0 aliphatic heterocycles. The Morgan fingerprint density at radius 2 is 1.08 bits per heavy atom. The summed E-state index contributed by atoms with van der Waals surface area (Å²) in [5, 5.41) is 0. The van der Waals surface area contributed by atoms with E-state index in [-0.39, 0.29) is 12.4 Å². The molecule has 4 amide bonds. The minimum atomic E-state index is -0.966. The molecule has 0 bridgehead atoms. The normalized spacial score (nSPS) is 10.6. The van der Waals surface area contributed by atoms with Gasteiger partial charge in [-0.1, -0.05) is 124 Å². The molecule has 10 heteroatoms. The van der Waals surface area contributed by atoms with Crippen molar-refractivity contribution in [3.63, 3.8) is 0 Å². The molecular formula is C27H52ClN5O4. The van der Waals surface area contributed by atoms with Gasteiger partial charge in [0.15, 0.2) is 0 Å². The maximum absolute atomic E-state index is 9.81. The van der Waals surface area contributed by atoms with E-state index in [1.807, 2.05) is 0 Å². The largest absolute Gasteiger partial charge is 1.00 e. The van der Waals surface area contributed by atoms with Crippen LogP contribution in [0, 0.1) is 0 Å². The van der Waals surface area contributed by atoms with Crippen LogP contribution >= 0.6 is 0 Å². The number of nitrogens with two attached hydrogens (primary N) is 2. The first-order valence-electron chi connectivity index (χ1n) is 13.6. The average molecular weight is 546 g/mol. The monoisotopic (exact) mass is 545 g/mol. The van der Waals surface area contributed by atoms with Crippen molar-refractivity contribution in [1.29, 1.82) is 0 Å². The minimum absolute atomic E-state index is 0. The van der Waals surface area contributed by atoms with Crippen LogP contribution < -0.4 is 34.8 Å². The fourth-order valence-corrected chi connectivity index (χ4v) is 4.01. The molecule has 0 aliphatic rings. The van der Waals surface area contributed by atoms with Crippen LogP contribution in [0.15, 0.2) is 30.3 Å². The Bertz CT molecular complexity index is 649. The summed E-state index contributed by atoms with van der Waals surface area (Å²) in [7, 11) is 4.74. The quantitative estimate of drug-likeness (QED) is 0.0868. The van der Waals surface area contributed by atoms with E-state index in [2.05, 4.69) is 72.8 Å². The lowest BCUT2D eigenvalue weighted by molar-refractivity contribution is -0.903. The number of benzene rings is 1. The highest BCUT2D eigenvalue weighted by Gasteiger charge is 2.14. The molecule has 0 aromatic heterocycles. The molecule has 0 radical (unpaired) electrons. The molecule has 0 heterocycles. The highest BCUT2D eigenvalue weighted by Crippen LogP contribution is 2.15. The SMILES string of the molecule is CCCCCCCCCCCCCCCC[N+](C)(C)Cc1ccccc1.NC(=O)NOONC(N)=O.[Cl-]. The van der Waals surface area contributed by atoms with Gasteiger partial charge in [0.1, 0.15) is 6.54 Å². The second-order valence-corrected chi connectivity index (χ2v) is 10.00. The van der Waals surface area contributed by atoms with Crippen LogP contribution in [0.2, 0.25) is 0 Å². The van der Waals surface area contributed by atoms with Crippen LogP contribution in [0.3, 0.4) is 0 Å². The van der Waals surface area contributed by atoms with Crippen molar-refractivity contribution in [3.8, 4) is 0 Å². The number of hydrogen-bond donors (Lipinski definition) is 4. The fourth-order valence-electron chi connectivity index (χ4n) is 4.01. The Kier molecular flexibility index (Phi) is 25.6. The third-order valence-electron chi connectivity index (χ3n) is 5.90. The molecule has 1 aromatic carbocycles. The molecule has 37 heavy (non-hydrogen) atoms. The second-order valence-electron chi connectivity index (χ2n) is 10.00. The lowest BCUT2D eigenvalue weighted by atomic mass is 10.0. The van der Waals surface area contributed by atoms with Crippen LogP contribution in [-0.4, -0.2) is 37.2 Å². The number of amides is 4. The number of nitrogens with zero attached hydrogens (tertiary/aromatic N) is 1. The van der Waals surface area contributed by atoms with Gasteiger partial charge in [0.05, 0.1) is 20.6 Å². The number of nitrogens with one attached hydrogen (secondary N) is 2. The molecule has 216 valence electrons. The van der Waals surface area contributed by atoms with Crippen molar-refractivity contribution >= 4 is 12.1 Å². The maximum atomic E-state index is 9.81. The molecule has 0 unspecified atom stereocenters. The summed E-state index contributed by atoms with van der Waals surface area (Å²) in [6.07, 6.45) is 20.2. The lowest BCUT2D eigenvalue weighted by Crippen LogP contribution is -3.00. The number of hydrogen-bond acceptors (Lipinski definition) is 4. The molecule has 0 spiro atoms. The van der Waals surface area contributed by atoms with E-state index in [4.69, 9.17) is 0 Å².